The molecule has 1 aromatic heterocycles. The van der Waals surface area contributed by atoms with Crippen molar-refractivity contribution in [1.29, 1.82) is 10.8 Å². The summed E-state index contributed by atoms with van der Waals surface area (Å²) in [6, 6.07) is 7.92. The Hall–Kier alpha value is -1.93. The van der Waals surface area contributed by atoms with Gasteiger partial charge in [0.15, 0.2) is 21.8 Å². The molecule has 0 aliphatic heterocycles. The van der Waals surface area contributed by atoms with E-state index in [0.29, 0.717) is 10.8 Å². The second-order valence-corrected chi connectivity index (χ2v) is 6.27. The van der Waals surface area contributed by atoms with Crippen LogP contribution in [0.15, 0.2) is 40.2 Å². The molecule has 1 aromatic carbocycles. The summed E-state index contributed by atoms with van der Waals surface area (Å²) in [7, 11) is 0. The number of aromatic nitrogens is 1. The van der Waals surface area contributed by atoms with E-state index in [1.807, 2.05) is 24.3 Å². The monoisotopic (exact) mass is 321 g/mol. The third-order valence-electron chi connectivity index (χ3n) is 2.61. The lowest BCUT2D eigenvalue weighted by atomic mass is 10.1. The van der Waals surface area contributed by atoms with Crippen molar-refractivity contribution in [2.75, 3.05) is 5.75 Å². The lowest BCUT2D eigenvalue weighted by Gasteiger charge is -2.03. The van der Waals surface area contributed by atoms with Gasteiger partial charge in [0.25, 0.3) is 0 Å². The second-order valence-electron chi connectivity index (χ2n) is 4.11. The van der Waals surface area contributed by atoms with E-state index in [9.17, 15) is 0 Å². The van der Waals surface area contributed by atoms with Gasteiger partial charge in [-0.15, -0.1) is 0 Å². The van der Waals surface area contributed by atoms with E-state index < -0.39 is 0 Å². The molecule has 1 heterocycles. The minimum atomic E-state index is -0.0362. The molecule has 0 spiro atoms. The lowest BCUT2D eigenvalue weighted by Crippen LogP contribution is -2.05. The maximum Gasteiger partial charge on any atom is 0.196 e. The van der Waals surface area contributed by atoms with Gasteiger partial charge in [-0.25, -0.2) is 4.98 Å². The summed E-state index contributed by atoms with van der Waals surface area (Å²) in [6.45, 7) is 0. The van der Waals surface area contributed by atoms with Crippen LogP contribution in [0.3, 0.4) is 0 Å². The molecular weight excluding hydrogens is 306 g/mol. The first kappa shape index (κ1) is 15.5. The Morgan fingerprint density at radius 2 is 1.86 bits per heavy atom. The Bertz CT molecular complexity index is 638. The molecule has 0 atom stereocenters. The predicted octanol–water partition coefficient (Wildman–Crippen LogP) is 2.50. The molecule has 8 heteroatoms. The SMILES string of the molecule is N=C(N)SCCc1ccc(-c2ncoc2SC(=N)N)cc1. The zero-order valence-electron chi connectivity index (χ0n) is 11.1. The van der Waals surface area contributed by atoms with Crippen molar-refractivity contribution in [1.82, 2.24) is 4.98 Å². The average molecular weight is 321 g/mol. The number of hydrogen-bond donors (Lipinski definition) is 4. The standard InChI is InChI=1S/C13H15N5OS2/c14-12(15)20-6-5-8-1-3-9(4-2-8)10-11(19-7-18-10)21-13(16)17/h1-4,7H,5-6H2,(H3,14,15)(H3,16,17). The first-order valence-electron chi connectivity index (χ1n) is 6.07. The number of nitrogens with zero attached hydrogens (tertiary/aromatic N) is 1. The largest absolute Gasteiger partial charge is 0.436 e. The van der Waals surface area contributed by atoms with Crippen molar-refractivity contribution in [3.8, 4) is 11.3 Å². The van der Waals surface area contributed by atoms with Gasteiger partial charge < -0.3 is 15.9 Å². The molecule has 0 radical (unpaired) electrons. The summed E-state index contributed by atoms with van der Waals surface area (Å²) >= 11 is 2.37. The molecule has 0 saturated carbocycles. The molecule has 21 heavy (non-hydrogen) atoms. The van der Waals surface area contributed by atoms with Gasteiger partial charge in [0, 0.05) is 11.3 Å². The first-order valence-corrected chi connectivity index (χ1v) is 7.88. The molecule has 0 unspecified atom stereocenters. The zero-order chi connectivity index (χ0) is 15.2. The Labute approximate surface area is 130 Å². The van der Waals surface area contributed by atoms with Gasteiger partial charge in [-0.2, -0.15) is 0 Å². The molecule has 6 N–H and O–H groups in total. The van der Waals surface area contributed by atoms with Gasteiger partial charge in [0.1, 0.15) is 5.69 Å². The lowest BCUT2D eigenvalue weighted by molar-refractivity contribution is 0.472. The van der Waals surface area contributed by atoms with E-state index in [2.05, 4.69) is 4.98 Å². The minimum Gasteiger partial charge on any atom is -0.436 e. The fourth-order valence-electron chi connectivity index (χ4n) is 1.71. The normalized spacial score (nSPS) is 10.5. The van der Waals surface area contributed by atoms with Crippen molar-refractivity contribution in [2.24, 2.45) is 11.5 Å². The predicted molar refractivity (Wildman–Crippen MR) is 87.8 cm³/mol. The van der Waals surface area contributed by atoms with Crippen LogP contribution in [0.25, 0.3) is 11.3 Å². The van der Waals surface area contributed by atoms with Crippen molar-refractivity contribution in [2.45, 2.75) is 11.5 Å². The fourth-order valence-corrected chi connectivity index (χ4v) is 2.82. The highest BCUT2D eigenvalue weighted by atomic mass is 32.2. The van der Waals surface area contributed by atoms with E-state index in [1.165, 1.54) is 18.2 Å². The number of thioether (sulfide) groups is 2. The summed E-state index contributed by atoms with van der Waals surface area (Å²) in [5.74, 6) is 0.782. The Kier molecular flexibility index (Phi) is 5.29. The van der Waals surface area contributed by atoms with Crippen LogP contribution in [0, 0.1) is 10.8 Å². The summed E-state index contributed by atoms with van der Waals surface area (Å²) in [6.07, 6.45) is 2.19. The van der Waals surface area contributed by atoms with Crippen molar-refractivity contribution >= 4 is 33.9 Å². The number of nitrogens with one attached hydrogen (secondary N) is 2. The minimum absolute atomic E-state index is 0.0362. The van der Waals surface area contributed by atoms with Gasteiger partial charge in [-0.3, -0.25) is 10.8 Å². The smallest absolute Gasteiger partial charge is 0.196 e. The molecule has 0 amide bonds. The first-order chi connectivity index (χ1) is 10.1. The number of hydrogen-bond acceptors (Lipinski definition) is 6. The molecule has 0 fully saturated rings. The molecule has 0 bridgehead atoms. The summed E-state index contributed by atoms with van der Waals surface area (Å²) in [5, 5.41) is 15.1. The second kappa shape index (κ2) is 7.19. The highest BCUT2D eigenvalue weighted by Crippen LogP contribution is 2.30. The molecule has 0 aliphatic rings. The van der Waals surface area contributed by atoms with Crippen LogP contribution in [0.2, 0.25) is 0 Å². The number of benzene rings is 1. The van der Waals surface area contributed by atoms with Crippen LogP contribution in [0.4, 0.5) is 0 Å². The van der Waals surface area contributed by atoms with Gasteiger partial charge in [-0.1, -0.05) is 36.0 Å². The van der Waals surface area contributed by atoms with Crippen LogP contribution < -0.4 is 11.5 Å². The van der Waals surface area contributed by atoms with Crippen LogP contribution in [-0.2, 0) is 6.42 Å². The Balaban J connectivity index is 2.07. The van der Waals surface area contributed by atoms with E-state index in [0.717, 1.165) is 35.1 Å². The fraction of sp³-hybridized carbons (Fsp3) is 0.154. The van der Waals surface area contributed by atoms with Crippen molar-refractivity contribution in [3.05, 3.63) is 36.2 Å². The molecular formula is C13H15N5OS2. The molecule has 2 rings (SSSR count). The summed E-state index contributed by atoms with van der Waals surface area (Å²) in [5.41, 5.74) is 13.4. The van der Waals surface area contributed by atoms with E-state index >= 15 is 0 Å². The molecule has 2 aromatic rings. The van der Waals surface area contributed by atoms with Crippen LogP contribution in [-0.4, -0.2) is 21.1 Å². The Morgan fingerprint density at radius 1 is 1.14 bits per heavy atom. The van der Waals surface area contributed by atoms with Gasteiger partial charge in [-0.05, 0) is 23.7 Å². The van der Waals surface area contributed by atoms with Gasteiger partial charge in [0.2, 0.25) is 0 Å². The van der Waals surface area contributed by atoms with Gasteiger partial charge in [0.05, 0.1) is 0 Å². The molecule has 110 valence electrons. The van der Waals surface area contributed by atoms with Crippen LogP contribution in [0.1, 0.15) is 5.56 Å². The van der Waals surface area contributed by atoms with E-state index in [1.54, 1.807) is 0 Å². The topological polar surface area (TPSA) is 126 Å². The van der Waals surface area contributed by atoms with Gasteiger partial charge >= 0.3 is 0 Å². The number of amidine groups is 2. The van der Waals surface area contributed by atoms with Crippen molar-refractivity contribution < 1.29 is 4.42 Å². The highest BCUT2D eigenvalue weighted by Gasteiger charge is 2.12. The highest BCUT2D eigenvalue weighted by molar-refractivity contribution is 8.13. The van der Waals surface area contributed by atoms with Crippen molar-refractivity contribution in [3.63, 3.8) is 0 Å². The maximum absolute atomic E-state index is 7.30. The average Bonchev–Trinajstić information content (AvgIpc) is 2.86. The number of rotatable bonds is 5. The third-order valence-corrected chi connectivity index (χ3v) is 4.03. The Morgan fingerprint density at radius 3 is 2.48 bits per heavy atom. The maximum atomic E-state index is 7.30. The van der Waals surface area contributed by atoms with E-state index in [4.69, 9.17) is 26.7 Å². The molecule has 6 nitrogen and oxygen atoms in total. The number of nitrogens with two attached hydrogens (primary N) is 2. The summed E-state index contributed by atoms with van der Waals surface area (Å²) < 4.78 is 5.24. The van der Waals surface area contributed by atoms with Crippen LogP contribution in [0.5, 0.6) is 0 Å². The third kappa shape index (κ3) is 4.54. The number of oxazole rings is 1. The zero-order valence-corrected chi connectivity index (χ0v) is 12.8. The molecule has 0 saturated heterocycles. The molecule has 0 aliphatic carbocycles. The quantitative estimate of drug-likeness (QED) is 0.381. The van der Waals surface area contributed by atoms with E-state index in [-0.39, 0.29) is 10.3 Å². The summed E-state index contributed by atoms with van der Waals surface area (Å²) in [4.78, 5) is 4.17. The number of aryl methyl sites for hydroxylation is 1. The van der Waals surface area contributed by atoms with Crippen LogP contribution >= 0.6 is 23.5 Å².